The van der Waals surface area contributed by atoms with Crippen molar-refractivity contribution in [2.75, 3.05) is 26.2 Å². The second-order valence-electron chi connectivity index (χ2n) is 4.91. The van der Waals surface area contributed by atoms with Crippen LogP contribution in [0.1, 0.15) is 33.6 Å². The molecule has 0 aromatic heterocycles. The maximum atomic E-state index is 5.76. The summed E-state index contributed by atoms with van der Waals surface area (Å²) in [5.74, 6) is 1.15. The fraction of sp³-hybridized carbons (Fsp3) is 0.917. The molecule has 5 heteroatoms. The van der Waals surface area contributed by atoms with E-state index in [4.69, 9.17) is 5.73 Å². The van der Waals surface area contributed by atoms with Crippen LogP contribution in [0.5, 0.6) is 0 Å². The zero-order valence-corrected chi connectivity index (χ0v) is 13.6. The van der Waals surface area contributed by atoms with Gasteiger partial charge >= 0.3 is 0 Å². The van der Waals surface area contributed by atoms with E-state index in [9.17, 15) is 0 Å². The highest BCUT2D eigenvalue weighted by Crippen LogP contribution is 2.25. The largest absolute Gasteiger partial charge is 0.370 e. The van der Waals surface area contributed by atoms with E-state index < -0.39 is 0 Å². The number of halogens is 1. The molecule has 102 valence electrons. The number of aliphatic imine (C=N–C) groups is 1. The van der Waals surface area contributed by atoms with Gasteiger partial charge in [0, 0.05) is 25.7 Å². The van der Waals surface area contributed by atoms with Crippen LogP contribution in [0.15, 0.2) is 4.99 Å². The number of nitrogens with two attached hydrogens (primary N) is 1. The maximum Gasteiger partial charge on any atom is 0.188 e. The van der Waals surface area contributed by atoms with E-state index in [1.165, 1.54) is 12.8 Å². The van der Waals surface area contributed by atoms with Gasteiger partial charge in [0.2, 0.25) is 0 Å². The van der Waals surface area contributed by atoms with Crippen molar-refractivity contribution in [1.29, 1.82) is 0 Å². The predicted octanol–water partition coefficient (Wildman–Crippen LogP) is 1.65. The Morgan fingerprint density at radius 1 is 1.47 bits per heavy atom. The zero-order chi connectivity index (χ0) is 12.0. The monoisotopic (exact) mass is 354 g/mol. The summed E-state index contributed by atoms with van der Waals surface area (Å²) in [7, 11) is 0. The molecule has 0 aromatic carbocycles. The number of nitrogens with one attached hydrogen (secondary N) is 1. The van der Waals surface area contributed by atoms with E-state index in [0.717, 1.165) is 32.2 Å². The summed E-state index contributed by atoms with van der Waals surface area (Å²) in [6.45, 7) is 10.4. The molecule has 0 bridgehead atoms. The first kappa shape index (κ1) is 17.0. The van der Waals surface area contributed by atoms with Crippen molar-refractivity contribution in [2.24, 2.45) is 16.6 Å². The van der Waals surface area contributed by atoms with Crippen LogP contribution < -0.4 is 11.1 Å². The van der Waals surface area contributed by atoms with Crippen molar-refractivity contribution < 1.29 is 0 Å². The van der Waals surface area contributed by atoms with Crippen molar-refractivity contribution in [3.8, 4) is 0 Å². The Labute approximate surface area is 122 Å². The van der Waals surface area contributed by atoms with Crippen molar-refractivity contribution in [3.05, 3.63) is 0 Å². The quantitative estimate of drug-likeness (QED) is 0.415. The Hall–Kier alpha value is -0.0400. The van der Waals surface area contributed by atoms with Crippen LogP contribution >= 0.6 is 24.0 Å². The fourth-order valence-corrected chi connectivity index (χ4v) is 1.70. The van der Waals surface area contributed by atoms with Gasteiger partial charge in [0.1, 0.15) is 0 Å². The lowest BCUT2D eigenvalue weighted by atomic mass is 10.2. The van der Waals surface area contributed by atoms with Gasteiger partial charge in [0.15, 0.2) is 5.96 Å². The summed E-state index contributed by atoms with van der Waals surface area (Å²) in [4.78, 5) is 6.77. The van der Waals surface area contributed by atoms with Crippen LogP contribution in [0, 0.1) is 5.92 Å². The standard InChI is InChI=1S/C12H26N4.HI/c1-4-16(11-5-6-11)8-7-14-12(13)15-9-10(2)3;/h10-11H,4-9H2,1-3H3,(H3,13,14,15);1H. The molecule has 0 unspecified atom stereocenters. The van der Waals surface area contributed by atoms with Crippen LogP contribution in [-0.2, 0) is 0 Å². The highest BCUT2D eigenvalue weighted by molar-refractivity contribution is 14.0. The van der Waals surface area contributed by atoms with Gasteiger partial charge in [-0.1, -0.05) is 20.8 Å². The van der Waals surface area contributed by atoms with Gasteiger partial charge < -0.3 is 11.1 Å². The highest BCUT2D eigenvalue weighted by atomic mass is 127. The Bertz CT molecular complexity index is 227. The van der Waals surface area contributed by atoms with Gasteiger partial charge in [-0.05, 0) is 25.3 Å². The molecule has 0 aromatic rings. The lowest BCUT2D eigenvalue weighted by Gasteiger charge is -2.19. The van der Waals surface area contributed by atoms with Crippen molar-refractivity contribution in [2.45, 2.75) is 39.7 Å². The SMILES string of the molecule is CCN(CCNC(N)=NCC(C)C)C1CC1.I. The highest BCUT2D eigenvalue weighted by Gasteiger charge is 2.26. The number of hydrogen-bond acceptors (Lipinski definition) is 2. The van der Waals surface area contributed by atoms with Gasteiger partial charge in [0.05, 0.1) is 0 Å². The number of nitrogens with zero attached hydrogens (tertiary/aromatic N) is 2. The first-order valence-electron chi connectivity index (χ1n) is 6.41. The molecule has 0 heterocycles. The Balaban J connectivity index is 0.00000256. The summed E-state index contributed by atoms with van der Waals surface area (Å²) in [5, 5.41) is 3.17. The first-order chi connectivity index (χ1) is 7.63. The zero-order valence-electron chi connectivity index (χ0n) is 11.3. The smallest absolute Gasteiger partial charge is 0.188 e. The van der Waals surface area contributed by atoms with Gasteiger partial charge in [-0.25, -0.2) is 0 Å². The van der Waals surface area contributed by atoms with Gasteiger partial charge in [-0.15, -0.1) is 24.0 Å². The van der Waals surface area contributed by atoms with Gasteiger partial charge in [-0.3, -0.25) is 9.89 Å². The van der Waals surface area contributed by atoms with E-state index in [0.29, 0.717) is 11.9 Å². The van der Waals surface area contributed by atoms with E-state index in [2.05, 4.69) is 36.0 Å². The molecule has 3 N–H and O–H groups in total. The van der Waals surface area contributed by atoms with Crippen LogP contribution in [0.25, 0.3) is 0 Å². The van der Waals surface area contributed by atoms with Crippen molar-refractivity contribution in [1.82, 2.24) is 10.2 Å². The number of guanidine groups is 1. The number of likely N-dealkylation sites (N-methyl/N-ethyl adjacent to an activating group) is 1. The second-order valence-corrected chi connectivity index (χ2v) is 4.91. The van der Waals surface area contributed by atoms with E-state index in [1.54, 1.807) is 0 Å². The number of rotatable bonds is 7. The molecule has 0 aliphatic heterocycles. The van der Waals surface area contributed by atoms with Crippen molar-refractivity contribution >= 4 is 29.9 Å². The Morgan fingerprint density at radius 3 is 2.59 bits per heavy atom. The molecule has 0 spiro atoms. The molecule has 1 aliphatic rings. The first-order valence-corrected chi connectivity index (χ1v) is 6.41. The molecule has 1 saturated carbocycles. The lowest BCUT2D eigenvalue weighted by molar-refractivity contribution is 0.282. The predicted molar refractivity (Wildman–Crippen MR) is 85.0 cm³/mol. The minimum Gasteiger partial charge on any atom is -0.370 e. The summed E-state index contributed by atoms with van der Waals surface area (Å²) < 4.78 is 0. The van der Waals surface area contributed by atoms with Gasteiger partial charge in [-0.2, -0.15) is 0 Å². The Morgan fingerprint density at radius 2 is 2.12 bits per heavy atom. The average molecular weight is 354 g/mol. The van der Waals surface area contributed by atoms with E-state index in [1.807, 2.05) is 0 Å². The molecule has 1 aliphatic carbocycles. The average Bonchev–Trinajstić information content (AvgIpc) is 3.05. The molecule has 17 heavy (non-hydrogen) atoms. The van der Waals surface area contributed by atoms with Crippen LogP contribution in [0.4, 0.5) is 0 Å². The molecular formula is C12H27IN4. The molecule has 0 atom stereocenters. The molecule has 0 saturated heterocycles. The Kier molecular flexibility index (Phi) is 8.94. The number of hydrogen-bond donors (Lipinski definition) is 2. The maximum absolute atomic E-state index is 5.76. The normalized spacial score (nSPS) is 16.2. The minimum atomic E-state index is 0. The summed E-state index contributed by atoms with van der Waals surface area (Å²) >= 11 is 0. The third kappa shape index (κ3) is 7.81. The molecule has 0 radical (unpaired) electrons. The lowest BCUT2D eigenvalue weighted by Crippen LogP contribution is -2.39. The van der Waals surface area contributed by atoms with E-state index in [-0.39, 0.29) is 24.0 Å². The third-order valence-corrected chi connectivity index (χ3v) is 2.80. The van der Waals surface area contributed by atoms with Crippen LogP contribution in [-0.4, -0.2) is 43.1 Å². The van der Waals surface area contributed by atoms with Crippen LogP contribution in [0.2, 0.25) is 0 Å². The topological polar surface area (TPSA) is 53.6 Å². The second kappa shape index (κ2) is 8.97. The van der Waals surface area contributed by atoms with Gasteiger partial charge in [0.25, 0.3) is 0 Å². The third-order valence-electron chi connectivity index (χ3n) is 2.80. The molecular weight excluding hydrogens is 327 g/mol. The summed E-state index contributed by atoms with van der Waals surface area (Å²) in [6.07, 6.45) is 2.73. The molecule has 1 fully saturated rings. The minimum absolute atomic E-state index is 0. The summed E-state index contributed by atoms with van der Waals surface area (Å²) in [5.41, 5.74) is 5.76. The molecule has 1 rings (SSSR count). The molecule has 4 nitrogen and oxygen atoms in total. The van der Waals surface area contributed by atoms with E-state index >= 15 is 0 Å². The molecule has 0 amide bonds. The van der Waals surface area contributed by atoms with Crippen LogP contribution in [0.3, 0.4) is 0 Å². The fourth-order valence-electron chi connectivity index (χ4n) is 1.70. The summed E-state index contributed by atoms with van der Waals surface area (Å²) in [6, 6.07) is 0.834. The van der Waals surface area contributed by atoms with Crippen molar-refractivity contribution in [3.63, 3.8) is 0 Å².